The van der Waals surface area contributed by atoms with Crippen LogP contribution in [0.4, 0.5) is 0 Å². The zero-order chi connectivity index (χ0) is 12.5. The molecule has 0 aromatic rings. The molecule has 1 fully saturated rings. The van der Waals surface area contributed by atoms with Crippen LogP contribution in [0.25, 0.3) is 0 Å². The van der Waals surface area contributed by atoms with Crippen LogP contribution in [0.2, 0.25) is 0 Å². The van der Waals surface area contributed by atoms with Gasteiger partial charge in [-0.25, -0.2) is 0 Å². The fraction of sp³-hybridized carbons (Fsp3) is 0.909. The lowest BCUT2D eigenvalue weighted by molar-refractivity contribution is -0.145. The van der Waals surface area contributed by atoms with Crippen LogP contribution in [0.3, 0.4) is 0 Å². The molecule has 0 N–H and O–H groups in total. The molecule has 1 amide bonds. The highest BCUT2D eigenvalue weighted by atomic mass is 35.5. The molecule has 0 aromatic heterocycles. The monoisotopic (exact) mass is 267 g/mol. The molecule has 3 nitrogen and oxygen atoms in total. The van der Waals surface area contributed by atoms with E-state index in [4.69, 9.17) is 27.9 Å². The van der Waals surface area contributed by atoms with Gasteiger partial charge in [0, 0.05) is 0 Å². The van der Waals surface area contributed by atoms with Gasteiger partial charge in [0.2, 0.25) is 0 Å². The van der Waals surface area contributed by atoms with E-state index >= 15 is 0 Å². The van der Waals surface area contributed by atoms with Gasteiger partial charge in [-0.2, -0.15) is 0 Å². The van der Waals surface area contributed by atoms with Crippen molar-refractivity contribution in [2.75, 3.05) is 0 Å². The van der Waals surface area contributed by atoms with E-state index in [-0.39, 0.29) is 18.1 Å². The molecule has 0 bridgehead atoms. The van der Waals surface area contributed by atoms with Crippen LogP contribution < -0.4 is 0 Å². The molecule has 5 heteroatoms. The molecule has 0 aromatic carbocycles. The molecule has 0 spiro atoms. The van der Waals surface area contributed by atoms with Gasteiger partial charge in [-0.3, -0.25) is 4.79 Å². The second-order valence-electron chi connectivity index (χ2n) is 4.50. The summed E-state index contributed by atoms with van der Waals surface area (Å²) in [6.45, 7) is 7.84. The Morgan fingerprint density at radius 1 is 1.38 bits per heavy atom. The van der Waals surface area contributed by atoms with Crippen molar-refractivity contribution in [3.63, 3.8) is 0 Å². The standard InChI is InChI=1S/C11H19Cl2NO2/c1-5-7-8(6-2)16-11(3,4)14(7)10(15)9(12)13/h7-9H,5-6H2,1-4H3. The summed E-state index contributed by atoms with van der Waals surface area (Å²) in [6, 6.07) is 0.0625. The number of hydrogen-bond donors (Lipinski definition) is 0. The number of amides is 1. The first-order valence-corrected chi connectivity index (χ1v) is 6.51. The minimum Gasteiger partial charge on any atom is -0.351 e. The highest BCUT2D eigenvalue weighted by Crippen LogP contribution is 2.36. The predicted molar refractivity (Wildman–Crippen MR) is 65.7 cm³/mol. The number of ether oxygens (including phenoxy) is 1. The van der Waals surface area contributed by atoms with Crippen molar-refractivity contribution in [2.45, 2.75) is 63.2 Å². The lowest BCUT2D eigenvalue weighted by Gasteiger charge is -2.33. The van der Waals surface area contributed by atoms with E-state index in [9.17, 15) is 4.79 Å². The average molecular weight is 268 g/mol. The summed E-state index contributed by atoms with van der Waals surface area (Å²) in [5.41, 5.74) is -0.625. The second-order valence-corrected chi connectivity index (χ2v) is 5.59. The number of rotatable bonds is 3. The van der Waals surface area contributed by atoms with Crippen molar-refractivity contribution in [3.8, 4) is 0 Å². The van der Waals surface area contributed by atoms with Crippen LogP contribution in [-0.2, 0) is 9.53 Å². The van der Waals surface area contributed by atoms with Crippen LogP contribution in [0, 0.1) is 0 Å². The zero-order valence-electron chi connectivity index (χ0n) is 10.2. The van der Waals surface area contributed by atoms with E-state index in [2.05, 4.69) is 6.92 Å². The fourth-order valence-corrected chi connectivity index (χ4v) is 2.62. The van der Waals surface area contributed by atoms with E-state index in [0.29, 0.717) is 0 Å². The molecule has 1 aliphatic rings. The molecule has 1 heterocycles. The maximum absolute atomic E-state index is 12.0. The largest absolute Gasteiger partial charge is 0.351 e. The van der Waals surface area contributed by atoms with Crippen LogP contribution in [0.5, 0.6) is 0 Å². The Morgan fingerprint density at radius 3 is 2.31 bits per heavy atom. The minimum atomic E-state index is -1.02. The Balaban J connectivity index is 2.98. The van der Waals surface area contributed by atoms with E-state index in [1.54, 1.807) is 4.90 Å². The molecular formula is C11H19Cl2NO2. The molecule has 1 rings (SSSR count). The highest BCUT2D eigenvalue weighted by molar-refractivity contribution is 6.53. The lowest BCUT2D eigenvalue weighted by Crippen LogP contribution is -2.50. The van der Waals surface area contributed by atoms with Crippen LogP contribution in [-0.4, -0.2) is 33.5 Å². The molecule has 0 aliphatic carbocycles. The van der Waals surface area contributed by atoms with E-state index in [1.165, 1.54) is 0 Å². The molecule has 16 heavy (non-hydrogen) atoms. The first-order valence-electron chi connectivity index (χ1n) is 5.64. The third kappa shape index (κ3) is 2.47. The Morgan fingerprint density at radius 2 is 1.94 bits per heavy atom. The smallest absolute Gasteiger partial charge is 0.258 e. The van der Waals surface area contributed by atoms with E-state index < -0.39 is 10.6 Å². The van der Waals surface area contributed by atoms with Crippen molar-refractivity contribution in [2.24, 2.45) is 0 Å². The van der Waals surface area contributed by atoms with Gasteiger partial charge in [-0.05, 0) is 26.7 Å². The average Bonchev–Trinajstić information content (AvgIpc) is 2.47. The Bertz CT molecular complexity index is 269. The molecule has 94 valence electrons. The number of carbonyl (C=O) groups is 1. The summed E-state index contributed by atoms with van der Waals surface area (Å²) >= 11 is 11.3. The Kier molecular flexibility index (Phi) is 4.49. The van der Waals surface area contributed by atoms with Gasteiger partial charge in [0.05, 0.1) is 12.1 Å². The zero-order valence-corrected chi connectivity index (χ0v) is 11.7. The van der Waals surface area contributed by atoms with Gasteiger partial charge < -0.3 is 9.64 Å². The maximum atomic E-state index is 12.0. The highest BCUT2D eigenvalue weighted by Gasteiger charge is 2.49. The summed E-state index contributed by atoms with van der Waals surface area (Å²) in [5, 5.41) is 0. The normalized spacial score (nSPS) is 28.8. The molecule has 2 atom stereocenters. The summed E-state index contributed by atoms with van der Waals surface area (Å²) in [4.78, 5) is 12.6. The van der Waals surface area contributed by atoms with Crippen LogP contribution >= 0.6 is 23.2 Å². The van der Waals surface area contributed by atoms with Crippen molar-refractivity contribution < 1.29 is 9.53 Å². The molecule has 1 saturated heterocycles. The number of carbonyl (C=O) groups excluding carboxylic acids is 1. The van der Waals surface area contributed by atoms with Crippen LogP contribution in [0.15, 0.2) is 0 Å². The molecule has 2 unspecified atom stereocenters. The predicted octanol–water partition coefficient (Wildman–Crippen LogP) is 2.94. The Hall–Kier alpha value is 0.01000. The number of alkyl halides is 2. The van der Waals surface area contributed by atoms with Gasteiger partial charge in [0.1, 0.15) is 5.72 Å². The first-order chi connectivity index (χ1) is 7.35. The summed E-state index contributed by atoms with van der Waals surface area (Å²) < 4.78 is 5.87. The van der Waals surface area contributed by atoms with Crippen LogP contribution in [0.1, 0.15) is 40.5 Å². The second kappa shape index (κ2) is 5.11. The quantitative estimate of drug-likeness (QED) is 0.736. The lowest BCUT2D eigenvalue weighted by atomic mass is 10.1. The van der Waals surface area contributed by atoms with Gasteiger partial charge in [0.15, 0.2) is 4.84 Å². The van der Waals surface area contributed by atoms with Gasteiger partial charge in [-0.15, -0.1) is 0 Å². The fourth-order valence-electron chi connectivity index (χ4n) is 2.41. The molecule has 0 radical (unpaired) electrons. The van der Waals surface area contributed by atoms with Crippen molar-refractivity contribution >= 4 is 29.1 Å². The Labute approximate surface area is 107 Å². The van der Waals surface area contributed by atoms with Crippen molar-refractivity contribution in [1.82, 2.24) is 4.90 Å². The minimum absolute atomic E-state index is 0.0625. The number of nitrogens with zero attached hydrogens (tertiary/aromatic N) is 1. The van der Waals surface area contributed by atoms with E-state index in [1.807, 2.05) is 20.8 Å². The van der Waals surface area contributed by atoms with Crippen molar-refractivity contribution in [1.29, 1.82) is 0 Å². The van der Waals surface area contributed by atoms with Gasteiger partial charge in [-0.1, -0.05) is 37.0 Å². The molecular weight excluding hydrogens is 249 g/mol. The van der Waals surface area contributed by atoms with Gasteiger partial charge >= 0.3 is 0 Å². The molecule has 1 aliphatic heterocycles. The van der Waals surface area contributed by atoms with Crippen molar-refractivity contribution in [3.05, 3.63) is 0 Å². The summed E-state index contributed by atoms with van der Waals surface area (Å²) in [6.07, 6.45) is 1.78. The topological polar surface area (TPSA) is 29.5 Å². The third-order valence-corrected chi connectivity index (χ3v) is 3.40. The number of hydrogen-bond acceptors (Lipinski definition) is 2. The number of halogens is 2. The first kappa shape index (κ1) is 14.1. The molecule has 0 saturated carbocycles. The summed E-state index contributed by atoms with van der Waals surface area (Å²) in [7, 11) is 0. The summed E-state index contributed by atoms with van der Waals surface area (Å²) in [5.74, 6) is -0.267. The van der Waals surface area contributed by atoms with E-state index in [0.717, 1.165) is 12.8 Å². The maximum Gasteiger partial charge on any atom is 0.258 e. The van der Waals surface area contributed by atoms with Gasteiger partial charge in [0.25, 0.3) is 5.91 Å². The third-order valence-electron chi connectivity index (χ3n) is 3.03. The SMILES string of the molecule is CCC1OC(C)(C)N(C(=O)C(Cl)Cl)C1CC.